The maximum Gasteiger partial charge on any atom is 0.224 e. The highest BCUT2D eigenvalue weighted by atomic mass is 35.5. The third-order valence-corrected chi connectivity index (χ3v) is 5.30. The molecule has 3 aromatic rings. The largest absolute Gasteiger partial charge is 0.326 e. The van der Waals surface area contributed by atoms with Crippen LogP contribution in [0.5, 0.6) is 0 Å². The van der Waals surface area contributed by atoms with Crippen LogP contribution in [0.1, 0.15) is 17.5 Å². The molecule has 0 saturated carbocycles. The van der Waals surface area contributed by atoms with Crippen LogP contribution >= 0.6 is 23.4 Å². The first-order chi connectivity index (χ1) is 12.7. The molecule has 132 valence electrons. The number of thioether (sulfide) groups is 1. The van der Waals surface area contributed by atoms with E-state index >= 15 is 0 Å². The van der Waals surface area contributed by atoms with Gasteiger partial charge in [-0.15, -0.1) is 11.8 Å². The molecule has 0 aliphatic rings. The second-order valence-electron chi connectivity index (χ2n) is 5.81. The number of halogens is 1. The van der Waals surface area contributed by atoms with Crippen LogP contribution in [0.2, 0.25) is 5.02 Å². The van der Waals surface area contributed by atoms with E-state index in [0.29, 0.717) is 17.9 Å². The molecule has 26 heavy (non-hydrogen) atoms. The molecule has 1 amide bonds. The van der Waals surface area contributed by atoms with Crippen molar-refractivity contribution in [1.82, 2.24) is 4.98 Å². The summed E-state index contributed by atoms with van der Waals surface area (Å²) in [5.74, 6) is 0.859. The van der Waals surface area contributed by atoms with Gasteiger partial charge in [0.15, 0.2) is 0 Å². The summed E-state index contributed by atoms with van der Waals surface area (Å²) >= 11 is 7.86. The molecular formula is C21H19ClN2OS. The molecule has 0 atom stereocenters. The lowest BCUT2D eigenvalue weighted by atomic mass is 10.1. The average Bonchev–Trinajstić information content (AvgIpc) is 2.68. The quantitative estimate of drug-likeness (QED) is 0.541. The molecule has 1 heterocycles. The Labute approximate surface area is 162 Å². The van der Waals surface area contributed by atoms with Crippen molar-refractivity contribution in [3.8, 4) is 0 Å². The van der Waals surface area contributed by atoms with Crippen LogP contribution in [0.3, 0.4) is 0 Å². The Hall–Kier alpha value is -2.30. The van der Waals surface area contributed by atoms with E-state index in [9.17, 15) is 4.79 Å². The molecule has 0 spiro atoms. The zero-order chi connectivity index (χ0) is 18.2. The van der Waals surface area contributed by atoms with Gasteiger partial charge in [-0.1, -0.05) is 35.9 Å². The van der Waals surface area contributed by atoms with E-state index in [-0.39, 0.29) is 5.91 Å². The lowest BCUT2D eigenvalue weighted by Gasteiger charge is -2.07. The molecular weight excluding hydrogens is 364 g/mol. The molecule has 0 saturated heterocycles. The molecule has 0 aliphatic carbocycles. The lowest BCUT2D eigenvalue weighted by molar-refractivity contribution is -0.116. The number of pyridine rings is 1. The van der Waals surface area contributed by atoms with E-state index in [1.165, 1.54) is 5.56 Å². The Morgan fingerprint density at radius 3 is 2.58 bits per heavy atom. The highest BCUT2D eigenvalue weighted by molar-refractivity contribution is 7.98. The zero-order valence-electron chi connectivity index (χ0n) is 14.2. The van der Waals surface area contributed by atoms with Gasteiger partial charge in [0.2, 0.25) is 5.91 Å². The number of aryl methyl sites for hydroxylation is 1. The lowest BCUT2D eigenvalue weighted by Crippen LogP contribution is -2.12. The SMILES string of the molecule is O=C(CCc1ccccc1Cl)Nc1ccc(SCc2cccnc2)cc1. The smallest absolute Gasteiger partial charge is 0.224 e. The fraction of sp³-hybridized carbons (Fsp3) is 0.143. The third kappa shape index (κ3) is 5.61. The van der Waals surface area contributed by atoms with E-state index < -0.39 is 0 Å². The highest BCUT2D eigenvalue weighted by Crippen LogP contribution is 2.24. The van der Waals surface area contributed by atoms with Crippen molar-refractivity contribution in [1.29, 1.82) is 0 Å². The standard InChI is InChI=1S/C21H19ClN2OS/c22-20-6-2-1-5-17(20)7-12-21(25)24-18-8-10-19(11-9-18)26-15-16-4-3-13-23-14-16/h1-6,8-11,13-14H,7,12,15H2,(H,24,25). The fourth-order valence-electron chi connectivity index (χ4n) is 2.46. The van der Waals surface area contributed by atoms with Crippen LogP contribution in [-0.2, 0) is 17.0 Å². The van der Waals surface area contributed by atoms with Crippen molar-refractivity contribution in [3.05, 3.63) is 89.2 Å². The van der Waals surface area contributed by atoms with Gasteiger partial charge in [-0.2, -0.15) is 0 Å². The van der Waals surface area contributed by atoms with Crippen LogP contribution in [-0.4, -0.2) is 10.9 Å². The molecule has 0 bridgehead atoms. The minimum absolute atomic E-state index is 0.0133. The molecule has 3 nitrogen and oxygen atoms in total. The number of nitrogens with zero attached hydrogens (tertiary/aromatic N) is 1. The number of benzene rings is 2. The first kappa shape index (κ1) is 18.5. The summed E-state index contributed by atoms with van der Waals surface area (Å²) in [6.07, 6.45) is 4.68. The molecule has 5 heteroatoms. The topological polar surface area (TPSA) is 42.0 Å². The summed E-state index contributed by atoms with van der Waals surface area (Å²) in [6, 6.07) is 19.5. The van der Waals surface area contributed by atoms with Gasteiger partial charge in [-0.3, -0.25) is 9.78 Å². The first-order valence-electron chi connectivity index (χ1n) is 8.36. The Bertz CT molecular complexity index is 853. The second-order valence-corrected chi connectivity index (χ2v) is 7.27. The zero-order valence-corrected chi connectivity index (χ0v) is 15.8. The minimum Gasteiger partial charge on any atom is -0.326 e. The van der Waals surface area contributed by atoms with Crippen LogP contribution < -0.4 is 5.32 Å². The van der Waals surface area contributed by atoms with Crippen molar-refractivity contribution < 1.29 is 4.79 Å². The minimum atomic E-state index is -0.0133. The van der Waals surface area contributed by atoms with Crippen LogP contribution in [0, 0.1) is 0 Å². The van der Waals surface area contributed by atoms with Gasteiger partial charge in [-0.25, -0.2) is 0 Å². The predicted molar refractivity (Wildman–Crippen MR) is 109 cm³/mol. The number of anilines is 1. The Morgan fingerprint density at radius 2 is 1.85 bits per heavy atom. The molecule has 0 unspecified atom stereocenters. The molecule has 0 radical (unpaired) electrons. The average molecular weight is 383 g/mol. The monoisotopic (exact) mass is 382 g/mol. The van der Waals surface area contributed by atoms with Crippen molar-refractivity contribution in [2.75, 3.05) is 5.32 Å². The van der Waals surface area contributed by atoms with E-state index in [1.54, 1.807) is 18.0 Å². The normalized spacial score (nSPS) is 10.5. The number of nitrogens with one attached hydrogen (secondary N) is 1. The van der Waals surface area contributed by atoms with E-state index in [2.05, 4.69) is 16.4 Å². The summed E-state index contributed by atoms with van der Waals surface area (Å²) in [4.78, 5) is 17.4. The highest BCUT2D eigenvalue weighted by Gasteiger charge is 2.06. The maximum absolute atomic E-state index is 12.1. The van der Waals surface area contributed by atoms with E-state index in [1.807, 2.05) is 60.8 Å². The maximum atomic E-state index is 12.1. The summed E-state index contributed by atoms with van der Waals surface area (Å²) < 4.78 is 0. The van der Waals surface area contributed by atoms with Crippen LogP contribution in [0.25, 0.3) is 0 Å². The molecule has 1 aromatic heterocycles. The van der Waals surface area contributed by atoms with Crippen molar-refractivity contribution in [2.45, 2.75) is 23.5 Å². The van der Waals surface area contributed by atoms with Crippen LogP contribution in [0.15, 0.2) is 78.0 Å². The Morgan fingerprint density at radius 1 is 1.04 bits per heavy atom. The van der Waals surface area contributed by atoms with Gasteiger partial charge in [0.05, 0.1) is 0 Å². The predicted octanol–water partition coefficient (Wildman–Crippen LogP) is 5.60. The summed E-state index contributed by atoms with van der Waals surface area (Å²) in [5.41, 5.74) is 2.99. The fourth-order valence-corrected chi connectivity index (χ4v) is 3.52. The molecule has 3 rings (SSSR count). The third-order valence-electron chi connectivity index (χ3n) is 3.85. The van der Waals surface area contributed by atoms with Crippen molar-refractivity contribution in [3.63, 3.8) is 0 Å². The summed E-state index contributed by atoms with van der Waals surface area (Å²) in [5, 5.41) is 3.64. The number of amides is 1. The molecule has 0 aliphatic heterocycles. The number of hydrogen-bond acceptors (Lipinski definition) is 3. The molecule has 0 fully saturated rings. The number of carbonyl (C=O) groups excluding carboxylic acids is 1. The van der Waals surface area contributed by atoms with E-state index in [4.69, 9.17) is 11.6 Å². The second kappa shape index (κ2) is 9.41. The molecule has 2 aromatic carbocycles. The molecule has 1 N–H and O–H groups in total. The van der Waals surface area contributed by atoms with Crippen molar-refractivity contribution in [2.24, 2.45) is 0 Å². The van der Waals surface area contributed by atoms with Gasteiger partial charge in [0.25, 0.3) is 0 Å². The van der Waals surface area contributed by atoms with Crippen molar-refractivity contribution >= 4 is 35.0 Å². The number of hydrogen-bond donors (Lipinski definition) is 1. The van der Waals surface area contributed by atoms with E-state index in [0.717, 1.165) is 21.9 Å². The summed E-state index contributed by atoms with van der Waals surface area (Å²) in [6.45, 7) is 0. The Balaban J connectivity index is 1.47. The number of aromatic nitrogens is 1. The summed E-state index contributed by atoms with van der Waals surface area (Å²) in [7, 11) is 0. The van der Waals surface area contributed by atoms with Gasteiger partial charge >= 0.3 is 0 Å². The van der Waals surface area contributed by atoms with Gasteiger partial charge in [0, 0.05) is 40.2 Å². The van der Waals surface area contributed by atoms with Gasteiger partial charge in [-0.05, 0) is 53.9 Å². The Kier molecular flexibility index (Phi) is 6.69. The first-order valence-corrected chi connectivity index (χ1v) is 9.72. The number of carbonyl (C=O) groups is 1. The van der Waals surface area contributed by atoms with Crippen LogP contribution in [0.4, 0.5) is 5.69 Å². The number of rotatable bonds is 7. The van der Waals surface area contributed by atoms with Gasteiger partial charge < -0.3 is 5.32 Å². The van der Waals surface area contributed by atoms with Gasteiger partial charge in [0.1, 0.15) is 0 Å².